The molecule has 25 heavy (non-hydrogen) atoms. The third-order valence-corrected chi connectivity index (χ3v) is 4.84. The Hall–Kier alpha value is -2.04. The van der Waals surface area contributed by atoms with Gasteiger partial charge < -0.3 is 10.2 Å². The van der Waals surface area contributed by atoms with Gasteiger partial charge in [-0.2, -0.15) is 0 Å². The Morgan fingerprint density at radius 1 is 1.16 bits per heavy atom. The number of halogens is 2. The summed E-state index contributed by atoms with van der Waals surface area (Å²) in [6.45, 7) is 1.00. The van der Waals surface area contributed by atoms with Crippen LogP contribution in [0.25, 0.3) is 0 Å². The second-order valence-corrected chi connectivity index (χ2v) is 6.93. The van der Waals surface area contributed by atoms with Crippen LogP contribution in [0.15, 0.2) is 48.5 Å². The molecule has 0 aromatic heterocycles. The molecule has 1 heterocycles. The second-order valence-electron chi connectivity index (χ2n) is 6.09. The minimum Gasteiger partial charge on any atom is -0.342 e. The summed E-state index contributed by atoms with van der Waals surface area (Å²) in [4.78, 5) is 26.3. The van der Waals surface area contributed by atoms with E-state index < -0.39 is 0 Å². The van der Waals surface area contributed by atoms with Gasteiger partial charge in [0.1, 0.15) is 0 Å². The van der Waals surface area contributed by atoms with E-state index in [0.29, 0.717) is 35.2 Å². The van der Waals surface area contributed by atoms with Gasteiger partial charge in [-0.3, -0.25) is 9.59 Å². The lowest BCUT2D eigenvalue weighted by atomic mass is 10.1. The number of hydrogen-bond donors (Lipinski definition) is 1. The lowest BCUT2D eigenvalue weighted by molar-refractivity contribution is -0.128. The van der Waals surface area contributed by atoms with Crippen molar-refractivity contribution in [3.05, 3.63) is 64.1 Å². The number of carbonyl (C=O) groups excluding carboxylic acids is 2. The van der Waals surface area contributed by atoms with Gasteiger partial charge in [-0.05, 0) is 36.2 Å². The monoisotopic (exact) mass is 376 g/mol. The number of anilines is 1. The maximum absolute atomic E-state index is 12.4. The number of amides is 2. The third-order valence-electron chi connectivity index (χ3n) is 4.28. The second kappa shape index (κ2) is 7.89. The molecule has 2 aromatic carbocycles. The average molecular weight is 377 g/mol. The van der Waals surface area contributed by atoms with Gasteiger partial charge in [0.05, 0.1) is 16.6 Å². The van der Waals surface area contributed by atoms with Crippen LogP contribution in [0.2, 0.25) is 10.0 Å². The molecule has 1 aliphatic rings. The summed E-state index contributed by atoms with van der Waals surface area (Å²) in [6.07, 6.45) is 0.941. The van der Waals surface area contributed by atoms with E-state index in [1.807, 2.05) is 24.3 Å². The van der Waals surface area contributed by atoms with Crippen molar-refractivity contribution in [1.82, 2.24) is 4.90 Å². The van der Waals surface area contributed by atoms with Crippen LogP contribution < -0.4 is 5.32 Å². The number of nitrogens with zero attached hydrogens (tertiary/aromatic N) is 1. The zero-order chi connectivity index (χ0) is 17.8. The lowest BCUT2D eigenvalue weighted by Gasteiger charge is -2.17. The van der Waals surface area contributed by atoms with E-state index in [1.165, 1.54) is 0 Å². The Kier molecular flexibility index (Phi) is 5.61. The van der Waals surface area contributed by atoms with Crippen molar-refractivity contribution in [2.75, 3.05) is 18.4 Å². The third kappa shape index (κ3) is 4.53. The first-order valence-electron chi connectivity index (χ1n) is 8.10. The molecule has 0 radical (unpaired) electrons. The number of para-hydroxylation sites is 1. The summed E-state index contributed by atoms with van der Waals surface area (Å²) in [5, 5.41) is 3.97. The van der Waals surface area contributed by atoms with Crippen molar-refractivity contribution in [3.63, 3.8) is 0 Å². The first-order chi connectivity index (χ1) is 12.0. The van der Waals surface area contributed by atoms with E-state index in [-0.39, 0.29) is 24.2 Å². The lowest BCUT2D eigenvalue weighted by Crippen LogP contribution is -2.30. The summed E-state index contributed by atoms with van der Waals surface area (Å²) in [5.74, 6) is -0.531. The summed E-state index contributed by atoms with van der Waals surface area (Å²) >= 11 is 12.0. The highest BCUT2D eigenvalue weighted by Crippen LogP contribution is 2.24. The van der Waals surface area contributed by atoms with Gasteiger partial charge in [0.15, 0.2) is 0 Å². The SMILES string of the molecule is O=C(Nc1ccccc1Cl)C1CC(=O)N(CCc2cccc(Cl)c2)C1. The van der Waals surface area contributed by atoms with Gasteiger partial charge in [0, 0.05) is 24.5 Å². The fourth-order valence-electron chi connectivity index (χ4n) is 2.92. The highest BCUT2D eigenvalue weighted by Gasteiger charge is 2.34. The molecule has 4 nitrogen and oxygen atoms in total. The highest BCUT2D eigenvalue weighted by molar-refractivity contribution is 6.33. The fraction of sp³-hybridized carbons (Fsp3) is 0.263. The molecular weight excluding hydrogens is 359 g/mol. The predicted molar refractivity (Wildman–Crippen MR) is 99.9 cm³/mol. The van der Waals surface area contributed by atoms with E-state index >= 15 is 0 Å². The molecule has 1 aliphatic heterocycles. The van der Waals surface area contributed by atoms with Crippen LogP contribution >= 0.6 is 23.2 Å². The molecule has 3 rings (SSSR count). The maximum atomic E-state index is 12.4. The quantitative estimate of drug-likeness (QED) is 0.856. The largest absolute Gasteiger partial charge is 0.342 e. The van der Waals surface area contributed by atoms with Gasteiger partial charge in [-0.15, -0.1) is 0 Å². The molecule has 0 bridgehead atoms. The fourth-order valence-corrected chi connectivity index (χ4v) is 3.31. The van der Waals surface area contributed by atoms with Crippen molar-refractivity contribution in [3.8, 4) is 0 Å². The van der Waals surface area contributed by atoms with E-state index in [1.54, 1.807) is 29.2 Å². The van der Waals surface area contributed by atoms with Crippen molar-refractivity contribution in [2.45, 2.75) is 12.8 Å². The minimum atomic E-state index is -0.358. The Bertz CT molecular complexity index is 794. The topological polar surface area (TPSA) is 49.4 Å². The highest BCUT2D eigenvalue weighted by atomic mass is 35.5. The molecule has 0 aliphatic carbocycles. The molecule has 6 heteroatoms. The van der Waals surface area contributed by atoms with Gasteiger partial charge >= 0.3 is 0 Å². The van der Waals surface area contributed by atoms with Crippen LogP contribution in [0, 0.1) is 5.92 Å². The van der Waals surface area contributed by atoms with Crippen LogP contribution in [-0.2, 0) is 16.0 Å². The minimum absolute atomic E-state index is 0.00124. The van der Waals surface area contributed by atoms with Gasteiger partial charge in [0.25, 0.3) is 0 Å². The van der Waals surface area contributed by atoms with Crippen LogP contribution in [0.5, 0.6) is 0 Å². The molecular formula is C19H18Cl2N2O2. The molecule has 130 valence electrons. The molecule has 2 aromatic rings. The van der Waals surface area contributed by atoms with Crippen LogP contribution in [-0.4, -0.2) is 29.8 Å². The maximum Gasteiger partial charge on any atom is 0.229 e. The first kappa shape index (κ1) is 17.8. The molecule has 0 spiro atoms. The molecule has 1 N–H and O–H groups in total. The van der Waals surface area contributed by atoms with Gasteiger partial charge in [0.2, 0.25) is 11.8 Å². The normalized spacial score (nSPS) is 17.0. The zero-order valence-electron chi connectivity index (χ0n) is 13.5. The Morgan fingerprint density at radius 2 is 1.96 bits per heavy atom. The van der Waals surface area contributed by atoms with Crippen LogP contribution in [0.4, 0.5) is 5.69 Å². The Balaban J connectivity index is 1.56. The molecule has 1 saturated heterocycles. The molecule has 1 unspecified atom stereocenters. The number of benzene rings is 2. The standard InChI is InChI=1S/C19H18Cl2N2O2/c20-15-5-3-4-13(10-15)8-9-23-12-14(11-18(23)24)19(25)22-17-7-2-1-6-16(17)21/h1-7,10,14H,8-9,11-12H2,(H,22,25). The number of nitrogens with one attached hydrogen (secondary N) is 1. The predicted octanol–water partition coefficient (Wildman–Crippen LogP) is 4.02. The van der Waals surface area contributed by atoms with Crippen LogP contribution in [0.1, 0.15) is 12.0 Å². The Morgan fingerprint density at radius 3 is 2.72 bits per heavy atom. The number of rotatable bonds is 5. The summed E-state index contributed by atoms with van der Waals surface area (Å²) in [6, 6.07) is 14.7. The Labute approximate surface area is 156 Å². The van der Waals surface area contributed by atoms with Gasteiger partial charge in [-0.25, -0.2) is 0 Å². The summed E-state index contributed by atoms with van der Waals surface area (Å²) in [7, 11) is 0. The van der Waals surface area contributed by atoms with E-state index in [9.17, 15) is 9.59 Å². The van der Waals surface area contributed by atoms with Crippen molar-refractivity contribution < 1.29 is 9.59 Å². The number of carbonyl (C=O) groups is 2. The number of likely N-dealkylation sites (tertiary alicyclic amines) is 1. The summed E-state index contributed by atoms with van der Waals surface area (Å²) < 4.78 is 0. The molecule has 1 atom stereocenters. The molecule has 2 amide bonds. The van der Waals surface area contributed by atoms with E-state index in [0.717, 1.165) is 5.56 Å². The van der Waals surface area contributed by atoms with Crippen molar-refractivity contribution in [2.24, 2.45) is 5.92 Å². The first-order valence-corrected chi connectivity index (χ1v) is 8.86. The average Bonchev–Trinajstić information content (AvgIpc) is 2.96. The van der Waals surface area contributed by atoms with E-state index in [4.69, 9.17) is 23.2 Å². The van der Waals surface area contributed by atoms with Crippen molar-refractivity contribution >= 4 is 40.7 Å². The molecule has 1 fully saturated rings. The zero-order valence-corrected chi connectivity index (χ0v) is 15.1. The van der Waals surface area contributed by atoms with Crippen LogP contribution in [0.3, 0.4) is 0 Å². The molecule has 0 saturated carbocycles. The van der Waals surface area contributed by atoms with Gasteiger partial charge in [-0.1, -0.05) is 47.5 Å². The van der Waals surface area contributed by atoms with E-state index in [2.05, 4.69) is 5.32 Å². The number of hydrogen-bond acceptors (Lipinski definition) is 2. The smallest absolute Gasteiger partial charge is 0.229 e. The van der Waals surface area contributed by atoms with Crippen molar-refractivity contribution in [1.29, 1.82) is 0 Å². The summed E-state index contributed by atoms with van der Waals surface area (Å²) in [5.41, 5.74) is 1.64.